The molecular weight excluding hydrogens is 276 g/mol. The SMILES string of the molecule is Cc1c(Cl)cccc1NC(=O)c1n[nH]c2c1CNCC2. The molecule has 0 atom stereocenters. The van der Waals surface area contributed by atoms with E-state index in [1.165, 1.54) is 0 Å². The molecule has 0 fully saturated rings. The van der Waals surface area contributed by atoms with Gasteiger partial charge in [0.25, 0.3) is 5.91 Å². The van der Waals surface area contributed by atoms with Crippen LogP contribution in [-0.2, 0) is 13.0 Å². The van der Waals surface area contributed by atoms with E-state index >= 15 is 0 Å². The Labute approximate surface area is 121 Å². The van der Waals surface area contributed by atoms with E-state index in [1.807, 2.05) is 19.1 Å². The number of carbonyl (C=O) groups excluding carboxylic acids is 1. The van der Waals surface area contributed by atoms with Crippen molar-refractivity contribution in [1.82, 2.24) is 15.5 Å². The number of fused-ring (bicyclic) bond motifs is 1. The maximum absolute atomic E-state index is 12.3. The van der Waals surface area contributed by atoms with Gasteiger partial charge in [-0.3, -0.25) is 9.89 Å². The molecule has 1 aromatic heterocycles. The van der Waals surface area contributed by atoms with Crippen molar-refractivity contribution < 1.29 is 4.79 Å². The minimum absolute atomic E-state index is 0.212. The Kier molecular flexibility index (Phi) is 3.46. The Balaban J connectivity index is 1.86. The number of aromatic amines is 1. The van der Waals surface area contributed by atoms with Crippen LogP contribution in [0, 0.1) is 6.92 Å². The average Bonchev–Trinajstić information content (AvgIpc) is 2.88. The monoisotopic (exact) mass is 290 g/mol. The highest BCUT2D eigenvalue weighted by molar-refractivity contribution is 6.31. The summed E-state index contributed by atoms with van der Waals surface area (Å²) in [6, 6.07) is 5.44. The maximum atomic E-state index is 12.3. The van der Waals surface area contributed by atoms with Gasteiger partial charge in [0.1, 0.15) is 0 Å². The van der Waals surface area contributed by atoms with Crippen LogP contribution in [0.3, 0.4) is 0 Å². The smallest absolute Gasteiger partial charge is 0.276 e. The first kappa shape index (κ1) is 13.1. The van der Waals surface area contributed by atoms with Gasteiger partial charge in [-0.25, -0.2) is 0 Å². The molecule has 5 nitrogen and oxygen atoms in total. The summed E-state index contributed by atoms with van der Waals surface area (Å²) in [5, 5.41) is 13.8. The second kappa shape index (κ2) is 5.26. The first-order chi connectivity index (χ1) is 9.66. The van der Waals surface area contributed by atoms with Crippen molar-refractivity contribution in [3.05, 3.63) is 45.7 Å². The molecule has 3 N–H and O–H groups in total. The van der Waals surface area contributed by atoms with Crippen molar-refractivity contribution >= 4 is 23.2 Å². The highest BCUT2D eigenvalue weighted by Crippen LogP contribution is 2.24. The van der Waals surface area contributed by atoms with Crippen molar-refractivity contribution in [2.75, 3.05) is 11.9 Å². The van der Waals surface area contributed by atoms with Gasteiger partial charge in [0.05, 0.1) is 0 Å². The van der Waals surface area contributed by atoms with Gasteiger partial charge in [0.2, 0.25) is 0 Å². The van der Waals surface area contributed by atoms with Crippen LogP contribution in [0.5, 0.6) is 0 Å². The van der Waals surface area contributed by atoms with E-state index in [4.69, 9.17) is 11.6 Å². The molecule has 0 saturated carbocycles. The van der Waals surface area contributed by atoms with Crippen LogP contribution in [-0.4, -0.2) is 22.6 Å². The Hall–Kier alpha value is -1.85. The second-order valence-corrected chi connectivity index (χ2v) is 5.23. The largest absolute Gasteiger partial charge is 0.320 e. The fourth-order valence-corrected chi connectivity index (χ4v) is 2.51. The number of H-pyrrole nitrogens is 1. The van der Waals surface area contributed by atoms with Crippen LogP contribution in [0.4, 0.5) is 5.69 Å². The van der Waals surface area contributed by atoms with E-state index in [0.717, 1.165) is 29.8 Å². The Morgan fingerprint density at radius 2 is 2.30 bits per heavy atom. The Bertz CT molecular complexity index is 665. The molecule has 0 radical (unpaired) electrons. The number of halogens is 1. The van der Waals surface area contributed by atoms with E-state index in [-0.39, 0.29) is 5.91 Å². The van der Waals surface area contributed by atoms with Gasteiger partial charge in [0.15, 0.2) is 5.69 Å². The standard InChI is InChI=1S/C14H15ClN4O/c1-8-10(15)3-2-4-11(8)17-14(20)13-9-7-16-6-5-12(9)18-19-13/h2-4,16H,5-7H2,1H3,(H,17,20)(H,18,19). The summed E-state index contributed by atoms with van der Waals surface area (Å²) in [6.45, 7) is 3.45. The number of aromatic nitrogens is 2. The number of rotatable bonds is 2. The number of hydrogen-bond donors (Lipinski definition) is 3. The molecule has 6 heteroatoms. The highest BCUT2D eigenvalue weighted by atomic mass is 35.5. The first-order valence-electron chi connectivity index (χ1n) is 6.50. The minimum atomic E-state index is -0.212. The molecule has 0 spiro atoms. The predicted octanol–water partition coefficient (Wildman–Crippen LogP) is 2.27. The molecule has 2 aromatic rings. The van der Waals surface area contributed by atoms with Crippen molar-refractivity contribution in [2.45, 2.75) is 19.9 Å². The van der Waals surface area contributed by atoms with Gasteiger partial charge in [-0.15, -0.1) is 0 Å². The van der Waals surface area contributed by atoms with E-state index in [1.54, 1.807) is 6.07 Å². The molecule has 0 unspecified atom stereocenters. The van der Waals surface area contributed by atoms with Gasteiger partial charge in [-0.1, -0.05) is 17.7 Å². The molecule has 1 aromatic carbocycles. The van der Waals surface area contributed by atoms with Crippen LogP contribution >= 0.6 is 11.6 Å². The van der Waals surface area contributed by atoms with Crippen LogP contribution < -0.4 is 10.6 Å². The molecule has 104 valence electrons. The highest BCUT2D eigenvalue weighted by Gasteiger charge is 2.21. The third kappa shape index (κ3) is 2.30. The molecular formula is C14H15ClN4O. The lowest BCUT2D eigenvalue weighted by Crippen LogP contribution is -2.25. The molecule has 1 amide bonds. The van der Waals surface area contributed by atoms with Crippen LogP contribution in [0.1, 0.15) is 27.3 Å². The molecule has 0 bridgehead atoms. The number of hydrogen-bond acceptors (Lipinski definition) is 3. The summed E-state index contributed by atoms with van der Waals surface area (Å²) in [5.74, 6) is -0.212. The summed E-state index contributed by atoms with van der Waals surface area (Å²) < 4.78 is 0. The van der Waals surface area contributed by atoms with E-state index in [0.29, 0.717) is 22.9 Å². The lowest BCUT2D eigenvalue weighted by Gasteiger charge is -2.13. The summed E-state index contributed by atoms with van der Waals surface area (Å²) >= 11 is 6.05. The van der Waals surface area contributed by atoms with Crippen LogP contribution in [0.25, 0.3) is 0 Å². The zero-order valence-electron chi connectivity index (χ0n) is 11.1. The zero-order chi connectivity index (χ0) is 14.1. The topological polar surface area (TPSA) is 69.8 Å². The number of nitrogens with zero attached hydrogens (tertiary/aromatic N) is 1. The second-order valence-electron chi connectivity index (χ2n) is 4.82. The van der Waals surface area contributed by atoms with Crippen molar-refractivity contribution in [2.24, 2.45) is 0 Å². The Morgan fingerprint density at radius 3 is 3.15 bits per heavy atom. The van der Waals surface area contributed by atoms with Crippen LogP contribution in [0.15, 0.2) is 18.2 Å². The molecule has 0 saturated heterocycles. The van der Waals surface area contributed by atoms with E-state index in [9.17, 15) is 4.79 Å². The van der Waals surface area contributed by atoms with Crippen molar-refractivity contribution in [3.63, 3.8) is 0 Å². The summed E-state index contributed by atoms with van der Waals surface area (Å²) in [4.78, 5) is 12.3. The van der Waals surface area contributed by atoms with Gasteiger partial charge in [-0.2, -0.15) is 5.10 Å². The molecule has 20 heavy (non-hydrogen) atoms. The van der Waals surface area contributed by atoms with E-state index < -0.39 is 0 Å². The number of anilines is 1. The fraction of sp³-hybridized carbons (Fsp3) is 0.286. The van der Waals surface area contributed by atoms with Gasteiger partial charge in [0, 0.05) is 41.5 Å². The van der Waals surface area contributed by atoms with Crippen LogP contribution in [0.2, 0.25) is 5.02 Å². The molecule has 2 heterocycles. The quantitative estimate of drug-likeness (QED) is 0.795. The molecule has 1 aliphatic heterocycles. The average molecular weight is 291 g/mol. The fourth-order valence-electron chi connectivity index (χ4n) is 2.34. The molecule has 1 aliphatic rings. The van der Waals surface area contributed by atoms with Crippen molar-refractivity contribution in [3.8, 4) is 0 Å². The summed E-state index contributed by atoms with van der Waals surface area (Å²) in [6.07, 6.45) is 0.867. The summed E-state index contributed by atoms with van der Waals surface area (Å²) in [7, 11) is 0. The third-order valence-corrected chi connectivity index (χ3v) is 3.95. The predicted molar refractivity (Wildman–Crippen MR) is 78.1 cm³/mol. The number of benzene rings is 1. The number of nitrogens with one attached hydrogen (secondary N) is 3. The molecule has 3 rings (SSSR count). The summed E-state index contributed by atoms with van der Waals surface area (Å²) in [5.41, 5.74) is 4.00. The maximum Gasteiger partial charge on any atom is 0.276 e. The number of carbonyl (C=O) groups is 1. The van der Waals surface area contributed by atoms with Gasteiger partial charge < -0.3 is 10.6 Å². The minimum Gasteiger partial charge on any atom is -0.320 e. The third-order valence-electron chi connectivity index (χ3n) is 3.54. The first-order valence-corrected chi connectivity index (χ1v) is 6.88. The lowest BCUT2D eigenvalue weighted by atomic mass is 10.1. The van der Waals surface area contributed by atoms with Crippen molar-refractivity contribution in [1.29, 1.82) is 0 Å². The van der Waals surface area contributed by atoms with E-state index in [2.05, 4.69) is 20.8 Å². The molecule has 0 aliphatic carbocycles. The van der Waals surface area contributed by atoms with Gasteiger partial charge >= 0.3 is 0 Å². The Morgan fingerprint density at radius 1 is 1.45 bits per heavy atom. The number of amides is 1. The van der Waals surface area contributed by atoms with Gasteiger partial charge in [-0.05, 0) is 24.6 Å². The normalized spacial score (nSPS) is 13.9. The zero-order valence-corrected chi connectivity index (χ0v) is 11.8. The lowest BCUT2D eigenvalue weighted by molar-refractivity contribution is 0.102.